The van der Waals surface area contributed by atoms with Gasteiger partial charge in [0.05, 0.1) is 18.2 Å². The van der Waals surface area contributed by atoms with E-state index >= 15 is 0 Å². The van der Waals surface area contributed by atoms with E-state index in [0.717, 1.165) is 23.5 Å². The standard InChI is InChI=1S/C10H13NO3S/c1-14-5-9-11-7-4-6(10(12)13)2-3-8(7)15-9/h6H,2-5H2,1H3,(H,12,13). The summed E-state index contributed by atoms with van der Waals surface area (Å²) in [4.78, 5) is 16.5. The maximum absolute atomic E-state index is 10.8. The van der Waals surface area contributed by atoms with Crippen LogP contribution in [0.3, 0.4) is 0 Å². The van der Waals surface area contributed by atoms with Crippen molar-refractivity contribution in [1.82, 2.24) is 4.98 Å². The molecule has 1 aromatic rings. The number of aryl methyl sites for hydroxylation is 1. The van der Waals surface area contributed by atoms with Gasteiger partial charge in [-0.25, -0.2) is 4.98 Å². The summed E-state index contributed by atoms with van der Waals surface area (Å²) in [6.07, 6.45) is 2.15. The second-order valence-electron chi connectivity index (χ2n) is 3.69. The van der Waals surface area contributed by atoms with Crippen LogP contribution < -0.4 is 0 Å². The minimum absolute atomic E-state index is 0.255. The third-order valence-corrected chi connectivity index (χ3v) is 3.73. The lowest BCUT2D eigenvalue weighted by molar-refractivity contribution is -0.142. The minimum Gasteiger partial charge on any atom is -0.481 e. The van der Waals surface area contributed by atoms with Gasteiger partial charge in [0.1, 0.15) is 5.01 Å². The van der Waals surface area contributed by atoms with Crippen molar-refractivity contribution in [2.45, 2.75) is 25.9 Å². The van der Waals surface area contributed by atoms with Crippen LogP contribution in [0.1, 0.15) is 22.0 Å². The van der Waals surface area contributed by atoms with Crippen LogP contribution in [0.5, 0.6) is 0 Å². The molecule has 0 fully saturated rings. The van der Waals surface area contributed by atoms with E-state index in [2.05, 4.69) is 4.98 Å². The number of nitrogens with zero attached hydrogens (tertiary/aromatic N) is 1. The zero-order chi connectivity index (χ0) is 10.8. The predicted octanol–water partition coefficient (Wildman–Crippen LogP) is 1.48. The van der Waals surface area contributed by atoms with Crippen molar-refractivity contribution in [2.24, 2.45) is 5.92 Å². The van der Waals surface area contributed by atoms with Crippen LogP contribution in [0.4, 0.5) is 0 Å². The Bertz CT molecular complexity index is 375. The molecule has 0 saturated heterocycles. The Labute approximate surface area is 91.9 Å². The van der Waals surface area contributed by atoms with Gasteiger partial charge in [0.15, 0.2) is 0 Å². The summed E-state index contributed by atoms with van der Waals surface area (Å²) < 4.78 is 5.01. The Balaban J connectivity index is 2.15. The molecular formula is C10H13NO3S. The van der Waals surface area contributed by atoms with E-state index in [1.54, 1.807) is 18.4 Å². The molecule has 2 rings (SSSR count). The van der Waals surface area contributed by atoms with Gasteiger partial charge in [-0.05, 0) is 12.8 Å². The number of carboxylic acid groups (broad SMARTS) is 1. The molecule has 1 aromatic heterocycles. The number of rotatable bonds is 3. The molecule has 5 heteroatoms. The van der Waals surface area contributed by atoms with Crippen molar-refractivity contribution in [3.8, 4) is 0 Å². The topological polar surface area (TPSA) is 59.4 Å². The van der Waals surface area contributed by atoms with Crippen LogP contribution in [0.15, 0.2) is 0 Å². The summed E-state index contributed by atoms with van der Waals surface area (Å²) in [5.41, 5.74) is 0.964. The maximum Gasteiger partial charge on any atom is 0.306 e. The van der Waals surface area contributed by atoms with Crippen molar-refractivity contribution < 1.29 is 14.6 Å². The normalized spacial score (nSPS) is 19.9. The molecule has 15 heavy (non-hydrogen) atoms. The number of ether oxygens (including phenoxy) is 1. The molecule has 0 bridgehead atoms. The van der Waals surface area contributed by atoms with E-state index in [-0.39, 0.29) is 5.92 Å². The largest absolute Gasteiger partial charge is 0.481 e. The van der Waals surface area contributed by atoms with E-state index < -0.39 is 5.97 Å². The lowest BCUT2D eigenvalue weighted by Gasteiger charge is -2.16. The average molecular weight is 227 g/mol. The van der Waals surface area contributed by atoms with Gasteiger partial charge in [0.2, 0.25) is 0 Å². The molecule has 1 heterocycles. The number of carbonyl (C=O) groups is 1. The highest BCUT2D eigenvalue weighted by molar-refractivity contribution is 7.11. The second-order valence-corrected chi connectivity index (χ2v) is 4.86. The van der Waals surface area contributed by atoms with Gasteiger partial charge >= 0.3 is 5.97 Å². The molecule has 82 valence electrons. The van der Waals surface area contributed by atoms with E-state index in [4.69, 9.17) is 9.84 Å². The molecule has 4 nitrogen and oxygen atoms in total. The number of carboxylic acids is 1. The van der Waals surface area contributed by atoms with Crippen molar-refractivity contribution in [3.63, 3.8) is 0 Å². The molecule has 1 aliphatic carbocycles. The summed E-state index contributed by atoms with van der Waals surface area (Å²) in [5.74, 6) is -0.961. The second kappa shape index (κ2) is 4.28. The number of fused-ring (bicyclic) bond motifs is 1. The first-order chi connectivity index (χ1) is 7.20. The number of methoxy groups -OCH3 is 1. The van der Waals surface area contributed by atoms with Gasteiger partial charge in [0.25, 0.3) is 0 Å². The number of hydrogen-bond donors (Lipinski definition) is 1. The van der Waals surface area contributed by atoms with Crippen molar-refractivity contribution in [3.05, 3.63) is 15.6 Å². The molecule has 0 spiro atoms. The van der Waals surface area contributed by atoms with Crippen molar-refractivity contribution >= 4 is 17.3 Å². The number of aliphatic carboxylic acids is 1. The van der Waals surface area contributed by atoms with Gasteiger partial charge in [-0.3, -0.25) is 4.79 Å². The zero-order valence-electron chi connectivity index (χ0n) is 8.52. The molecule has 0 aromatic carbocycles. The summed E-state index contributed by atoms with van der Waals surface area (Å²) in [6, 6.07) is 0. The van der Waals surface area contributed by atoms with E-state index in [9.17, 15) is 4.79 Å². The van der Waals surface area contributed by atoms with Crippen LogP contribution in [0.25, 0.3) is 0 Å². The predicted molar refractivity (Wildman–Crippen MR) is 56.0 cm³/mol. The first-order valence-corrected chi connectivity index (χ1v) is 5.71. The Kier molecular flexibility index (Phi) is 3.02. The fourth-order valence-corrected chi connectivity index (χ4v) is 2.91. The van der Waals surface area contributed by atoms with E-state index in [1.807, 2.05) is 0 Å². The van der Waals surface area contributed by atoms with Crippen LogP contribution in [0, 0.1) is 5.92 Å². The van der Waals surface area contributed by atoms with Crippen LogP contribution >= 0.6 is 11.3 Å². The fraction of sp³-hybridized carbons (Fsp3) is 0.600. The van der Waals surface area contributed by atoms with Gasteiger partial charge in [-0.1, -0.05) is 0 Å². The van der Waals surface area contributed by atoms with Gasteiger partial charge in [-0.15, -0.1) is 11.3 Å². The molecule has 0 radical (unpaired) electrons. The minimum atomic E-state index is -0.707. The highest BCUT2D eigenvalue weighted by Gasteiger charge is 2.26. The maximum atomic E-state index is 10.8. The Hall–Kier alpha value is -0.940. The lowest BCUT2D eigenvalue weighted by atomic mass is 9.91. The molecule has 1 aliphatic rings. The fourth-order valence-electron chi connectivity index (χ4n) is 1.83. The van der Waals surface area contributed by atoms with E-state index in [1.165, 1.54) is 4.88 Å². The van der Waals surface area contributed by atoms with Crippen LogP contribution in [-0.2, 0) is 29.0 Å². The molecular weight excluding hydrogens is 214 g/mol. The smallest absolute Gasteiger partial charge is 0.306 e. The monoisotopic (exact) mass is 227 g/mol. The molecule has 1 N–H and O–H groups in total. The first-order valence-electron chi connectivity index (χ1n) is 4.90. The number of aromatic nitrogens is 1. The lowest BCUT2D eigenvalue weighted by Crippen LogP contribution is -2.21. The molecule has 0 saturated carbocycles. The summed E-state index contributed by atoms with van der Waals surface area (Å²) in [6.45, 7) is 0.523. The number of hydrogen-bond acceptors (Lipinski definition) is 4. The summed E-state index contributed by atoms with van der Waals surface area (Å²) in [7, 11) is 1.64. The highest BCUT2D eigenvalue weighted by Crippen LogP contribution is 2.30. The molecule has 0 amide bonds. The van der Waals surface area contributed by atoms with Gasteiger partial charge < -0.3 is 9.84 Å². The SMILES string of the molecule is COCc1nc2c(s1)CCC(C(=O)O)C2. The third kappa shape index (κ3) is 2.18. The number of thiazole rings is 1. The highest BCUT2D eigenvalue weighted by atomic mass is 32.1. The molecule has 0 aliphatic heterocycles. The third-order valence-electron chi connectivity index (χ3n) is 2.60. The Morgan fingerprint density at radius 2 is 2.53 bits per heavy atom. The summed E-state index contributed by atoms with van der Waals surface area (Å²) in [5, 5.41) is 9.88. The van der Waals surface area contributed by atoms with E-state index in [0.29, 0.717) is 13.0 Å². The Morgan fingerprint density at radius 3 is 3.20 bits per heavy atom. The first kappa shape index (κ1) is 10.6. The quantitative estimate of drug-likeness (QED) is 0.849. The molecule has 1 atom stereocenters. The average Bonchev–Trinajstić information content (AvgIpc) is 2.59. The van der Waals surface area contributed by atoms with Crippen molar-refractivity contribution in [2.75, 3.05) is 7.11 Å². The zero-order valence-corrected chi connectivity index (χ0v) is 9.34. The van der Waals surface area contributed by atoms with Gasteiger partial charge in [0, 0.05) is 18.4 Å². The summed E-state index contributed by atoms with van der Waals surface area (Å²) >= 11 is 1.64. The molecule has 1 unspecified atom stereocenters. The van der Waals surface area contributed by atoms with Crippen LogP contribution in [-0.4, -0.2) is 23.2 Å². The Morgan fingerprint density at radius 1 is 1.73 bits per heavy atom. The van der Waals surface area contributed by atoms with Crippen LogP contribution in [0.2, 0.25) is 0 Å². The van der Waals surface area contributed by atoms with Gasteiger partial charge in [-0.2, -0.15) is 0 Å². The van der Waals surface area contributed by atoms with Crippen molar-refractivity contribution in [1.29, 1.82) is 0 Å².